The number of anilines is 6. The molecule has 84 heavy (non-hydrogen) atoms. The topological polar surface area (TPSA) is 6.48 Å². The summed E-state index contributed by atoms with van der Waals surface area (Å²) in [6, 6.07) is 109. The minimum absolute atomic E-state index is 0.0656. The molecule has 0 saturated heterocycles. The summed E-state index contributed by atoms with van der Waals surface area (Å²) in [7, 11) is 0. The molecular weight excluding hydrogens is 1010 g/mol. The fourth-order valence-electron chi connectivity index (χ4n) is 15.3. The second-order valence-electron chi connectivity index (χ2n) is 23.9. The highest BCUT2D eigenvalue weighted by molar-refractivity contribution is 5.90. The molecular formula is C82H64N2. The predicted octanol–water partition coefficient (Wildman–Crippen LogP) is 22.6. The van der Waals surface area contributed by atoms with Crippen LogP contribution in [0.2, 0.25) is 0 Å². The quantitative estimate of drug-likeness (QED) is 0.127. The molecule has 0 atom stereocenters. The van der Waals surface area contributed by atoms with E-state index in [2.05, 4.69) is 301 Å². The average Bonchev–Trinajstić information content (AvgIpc) is 2.96. The van der Waals surface area contributed by atoms with Crippen molar-refractivity contribution in [2.75, 3.05) is 9.80 Å². The number of hydrogen-bond acceptors (Lipinski definition) is 2. The molecule has 12 aromatic carbocycles. The molecule has 4 aliphatic carbocycles. The summed E-state index contributed by atoms with van der Waals surface area (Å²) >= 11 is 0. The maximum atomic E-state index is 2.53. The SMILES string of the molecule is c1ccc(-c2cccc(-c3ccc(N(c4ccc(-c5ccc(N(c6ccc(-c7cccc(-c8ccccc8)c7)cc6)c6ccc7c(c6)C6(CCCC6)c6ccccc6-7)cc5)cc4)c4ccc5c(c4)C4(CCCC4)c4ccccc4-5)cc3)c2)cc1. The normalized spacial score (nSPS) is 14.7. The van der Waals surface area contributed by atoms with Gasteiger partial charge in [0.15, 0.2) is 0 Å². The van der Waals surface area contributed by atoms with E-state index in [4.69, 9.17) is 0 Å². The fraction of sp³-hybridized carbons (Fsp3) is 0.122. The van der Waals surface area contributed by atoms with Crippen LogP contribution in [-0.2, 0) is 10.8 Å². The second kappa shape index (κ2) is 20.6. The van der Waals surface area contributed by atoms with E-state index in [9.17, 15) is 0 Å². The van der Waals surface area contributed by atoms with Crippen molar-refractivity contribution in [1.29, 1.82) is 0 Å². The maximum absolute atomic E-state index is 2.53. The Labute approximate surface area is 494 Å². The van der Waals surface area contributed by atoms with Crippen molar-refractivity contribution < 1.29 is 0 Å². The van der Waals surface area contributed by atoms with Crippen LogP contribution in [0.4, 0.5) is 34.1 Å². The van der Waals surface area contributed by atoms with Crippen LogP contribution in [0.3, 0.4) is 0 Å². The van der Waals surface area contributed by atoms with E-state index in [1.54, 1.807) is 0 Å². The van der Waals surface area contributed by atoms with Gasteiger partial charge in [0, 0.05) is 45.0 Å². The summed E-state index contributed by atoms with van der Waals surface area (Å²) in [6.07, 6.45) is 9.83. The lowest BCUT2D eigenvalue weighted by molar-refractivity contribution is 0.550. The van der Waals surface area contributed by atoms with Gasteiger partial charge in [-0.15, -0.1) is 0 Å². The molecule has 16 rings (SSSR count). The molecule has 0 amide bonds. The Kier molecular flexibility index (Phi) is 12.3. The molecule has 0 radical (unpaired) electrons. The van der Waals surface area contributed by atoms with E-state index in [1.165, 1.54) is 163 Å². The summed E-state index contributed by atoms with van der Waals surface area (Å²) in [6.45, 7) is 0. The van der Waals surface area contributed by atoms with Crippen LogP contribution in [0.5, 0.6) is 0 Å². The Balaban J connectivity index is 0.753. The zero-order chi connectivity index (χ0) is 55.6. The van der Waals surface area contributed by atoms with E-state index in [1.807, 2.05) is 0 Å². The lowest BCUT2D eigenvalue weighted by Crippen LogP contribution is -2.21. The van der Waals surface area contributed by atoms with Crippen LogP contribution >= 0.6 is 0 Å². The molecule has 0 N–H and O–H groups in total. The van der Waals surface area contributed by atoms with Gasteiger partial charge in [-0.1, -0.05) is 232 Å². The van der Waals surface area contributed by atoms with Crippen molar-refractivity contribution >= 4 is 34.1 Å². The highest BCUT2D eigenvalue weighted by Gasteiger charge is 2.46. The van der Waals surface area contributed by atoms with Gasteiger partial charge in [-0.05, 0) is 211 Å². The van der Waals surface area contributed by atoms with E-state index >= 15 is 0 Å². The van der Waals surface area contributed by atoms with E-state index < -0.39 is 0 Å². The van der Waals surface area contributed by atoms with Crippen LogP contribution < -0.4 is 9.80 Å². The van der Waals surface area contributed by atoms with Crippen molar-refractivity contribution in [3.63, 3.8) is 0 Å². The third-order valence-electron chi connectivity index (χ3n) is 19.4. The highest BCUT2D eigenvalue weighted by atomic mass is 15.1. The number of hydrogen-bond donors (Lipinski definition) is 0. The molecule has 2 fully saturated rings. The smallest absolute Gasteiger partial charge is 0.0465 e. The Bertz CT molecular complexity index is 4110. The zero-order valence-electron chi connectivity index (χ0n) is 47.3. The Morgan fingerprint density at radius 3 is 0.798 bits per heavy atom. The van der Waals surface area contributed by atoms with Gasteiger partial charge in [0.25, 0.3) is 0 Å². The van der Waals surface area contributed by atoms with Crippen LogP contribution in [0.15, 0.2) is 291 Å². The summed E-state index contributed by atoms with van der Waals surface area (Å²) in [5.41, 5.74) is 30.7. The van der Waals surface area contributed by atoms with Gasteiger partial charge in [-0.3, -0.25) is 0 Å². The van der Waals surface area contributed by atoms with Gasteiger partial charge in [-0.25, -0.2) is 0 Å². The molecule has 4 aliphatic rings. The predicted molar refractivity (Wildman–Crippen MR) is 352 cm³/mol. The first kappa shape index (κ1) is 50.0. The average molecular weight is 1080 g/mol. The number of benzene rings is 12. The summed E-state index contributed by atoms with van der Waals surface area (Å²) < 4.78 is 0. The zero-order valence-corrected chi connectivity index (χ0v) is 47.3. The van der Waals surface area contributed by atoms with Gasteiger partial charge in [-0.2, -0.15) is 0 Å². The summed E-state index contributed by atoms with van der Waals surface area (Å²) in [4.78, 5) is 4.94. The van der Waals surface area contributed by atoms with Crippen molar-refractivity contribution in [2.45, 2.75) is 62.2 Å². The molecule has 402 valence electrons. The first-order valence-electron chi connectivity index (χ1n) is 30.4. The molecule has 12 aromatic rings. The summed E-state index contributed by atoms with van der Waals surface area (Å²) in [5.74, 6) is 0. The molecule has 0 heterocycles. The van der Waals surface area contributed by atoms with Gasteiger partial charge in [0.05, 0.1) is 0 Å². The van der Waals surface area contributed by atoms with Gasteiger partial charge < -0.3 is 9.80 Å². The van der Waals surface area contributed by atoms with Gasteiger partial charge >= 0.3 is 0 Å². The number of fused-ring (bicyclic) bond motifs is 10. The lowest BCUT2D eigenvalue weighted by Gasteiger charge is -2.30. The van der Waals surface area contributed by atoms with Crippen LogP contribution in [-0.4, -0.2) is 0 Å². The second-order valence-corrected chi connectivity index (χ2v) is 23.9. The number of nitrogens with zero attached hydrogens (tertiary/aromatic N) is 2. The third kappa shape index (κ3) is 8.45. The molecule has 0 aromatic heterocycles. The monoisotopic (exact) mass is 1080 g/mol. The van der Waals surface area contributed by atoms with Crippen LogP contribution in [0.1, 0.15) is 73.6 Å². The van der Waals surface area contributed by atoms with Gasteiger partial charge in [0.2, 0.25) is 0 Å². The fourth-order valence-corrected chi connectivity index (χ4v) is 15.3. The van der Waals surface area contributed by atoms with E-state index in [0.717, 1.165) is 22.7 Å². The first-order valence-corrected chi connectivity index (χ1v) is 30.4. The highest BCUT2D eigenvalue weighted by Crippen LogP contribution is 2.59. The first-order chi connectivity index (χ1) is 41.6. The van der Waals surface area contributed by atoms with Gasteiger partial charge in [0.1, 0.15) is 0 Å². The Hall–Kier alpha value is -9.76. The van der Waals surface area contributed by atoms with Crippen molar-refractivity contribution in [3.05, 3.63) is 313 Å². The number of rotatable bonds is 11. The van der Waals surface area contributed by atoms with Crippen LogP contribution in [0.25, 0.3) is 77.9 Å². The largest absolute Gasteiger partial charge is 0.310 e. The molecule has 0 unspecified atom stereocenters. The standard InChI is InChI=1S/C82H64N2/c1-3-17-57(18-4-1)63-21-15-23-65(53-63)61-33-41-69(42-34-61)83(71-45-47-75-73-25-7-9-27-77(73)81(79(75)55-71)49-11-12-50-81)67-37-29-59(30-38-67)60-31-39-68(40-32-60)84(70-43-35-62(36-44-70)66-24-16-22-64(54-66)58-19-5-2-6-20-58)72-46-48-76-74-26-8-10-28-78(74)82(80(76)56-72)51-13-14-52-82/h1-10,15-48,53-56H,11-14,49-52H2. The van der Waals surface area contributed by atoms with Crippen molar-refractivity contribution in [2.24, 2.45) is 0 Å². The maximum Gasteiger partial charge on any atom is 0.0465 e. The minimum Gasteiger partial charge on any atom is -0.310 e. The van der Waals surface area contributed by atoms with Crippen molar-refractivity contribution in [3.8, 4) is 77.9 Å². The molecule has 2 saturated carbocycles. The minimum atomic E-state index is 0.0656. The molecule has 0 aliphatic heterocycles. The van der Waals surface area contributed by atoms with Crippen LogP contribution in [0, 0.1) is 0 Å². The Morgan fingerprint density at radius 1 is 0.190 bits per heavy atom. The summed E-state index contributed by atoms with van der Waals surface area (Å²) in [5, 5.41) is 0. The van der Waals surface area contributed by atoms with E-state index in [-0.39, 0.29) is 10.8 Å². The molecule has 2 spiro atoms. The Morgan fingerprint density at radius 2 is 0.452 bits per heavy atom. The third-order valence-corrected chi connectivity index (χ3v) is 19.4. The molecule has 2 heteroatoms. The van der Waals surface area contributed by atoms with Crippen molar-refractivity contribution in [1.82, 2.24) is 0 Å². The lowest BCUT2D eigenvalue weighted by atomic mass is 9.76. The molecule has 0 bridgehead atoms. The molecule has 2 nitrogen and oxygen atoms in total. The van der Waals surface area contributed by atoms with E-state index in [0.29, 0.717) is 0 Å².